The first kappa shape index (κ1) is 13.0. The van der Waals surface area contributed by atoms with E-state index in [1.54, 1.807) is 49.6 Å². The van der Waals surface area contributed by atoms with Gasteiger partial charge in [0.25, 0.3) is 5.89 Å². The van der Waals surface area contributed by atoms with E-state index < -0.39 is 0 Å². The Balaban J connectivity index is 1.94. The minimum Gasteiger partial charge on any atom is -0.508 e. The van der Waals surface area contributed by atoms with Crippen molar-refractivity contribution in [3.8, 4) is 34.3 Å². The third-order valence-electron chi connectivity index (χ3n) is 3.03. The quantitative estimate of drug-likeness (QED) is 0.718. The van der Waals surface area contributed by atoms with Crippen molar-refractivity contribution in [3.05, 3.63) is 42.5 Å². The van der Waals surface area contributed by atoms with Crippen LogP contribution in [0, 0.1) is 0 Å². The fourth-order valence-corrected chi connectivity index (χ4v) is 1.94. The number of hydrogen-bond acceptors (Lipinski definition) is 6. The predicted octanol–water partition coefficient (Wildman–Crippen LogP) is 2.70. The molecule has 0 bridgehead atoms. The van der Waals surface area contributed by atoms with Gasteiger partial charge in [-0.3, -0.25) is 0 Å². The number of aromatic hydroxyl groups is 1. The van der Waals surface area contributed by atoms with E-state index in [1.165, 1.54) is 0 Å². The second-order valence-corrected chi connectivity index (χ2v) is 4.43. The van der Waals surface area contributed by atoms with Crippen molar-refractivity contribution in [2.45, 2.75) is 0 Å². The summed E-state index contributed by atoms with van der Waals surface area (Å²) in [6.07, 6.45) is 0. The molecule has 0 aliphatic rings. The summed E-state index contributed by atoms with van der Waals surface area (Å²) in [4.78, 5) is 4.32. The number of ether oxygens (including phenoxy) is 1. The summed E-state index contributed by atoms with van der Waals surface area (Å²) in [5.41, 5.74) is 7.83. The molecular formula is C15H13N3O3. The zero-order valence-electron chi connectivity index (χ0n) is 11.3. The van der Waals surface area contributed by atoms with Gasteiger partial charge in [0.15, 0.2) is 0 Å². The van der Waals surface area contributed by atoms with Crippen LogP contribution in [-0.4, -0.2) is 22.4 Å². The number of rotatable bonds is 3. The van der Waals surface area contributed by atoms with Crippen LogP contribution >= 0.6 is 0 Å². The molecule has 0 saturated carbocycles. The van der Waals surface area contributed by atoms with Gasteiger partial charge in [0.05, 0.1) is 12.8 Å². The highest BCUT2D eigenvalue weighted by atomic mass is 16.5. The van der Waals surface area contributed by atoms with Crippen molar-refractivity contribution >= 4 is 5.69 Å². The number of nitrogens with two attached hydrogens (primary N) is 1. The van der Waals surface area contributed by atoms with Crippen LogP contribution in [0.3, 0.4) is 0 Å². The molecule has 1 heterocycles. The Morgan fingerprint density at radius 3 is 2.48 bits per heavy atom. The van der Waals surface area contributed by atoms with Crippen molar-refractivity contribution in [1.29, 1.82) is 0 Å². The van der Waals surface area contributed by atoms with Crippen molar-refractivity contribution < 1.29 is 14.4 Å². The molecule has 0 spiro atoms. The molecule has 3 N–H and O–H groups in total. The molecule has 3 rings (SSSR count). The summed E-state index contributed by atoms with van der Waals surface area (Å²) in [6.45, 7) is 0. The van der Waals surface area contributed by atoms with E-state index in [0.29, 0.717) is 28.7 Å². The fraction of sp³-hybridized carbons (Fsp3) is 0.0667. The highest BCUT2D eigenvalue weighted by Crippen LogP contribution is 2.29. The normalized spacial score (nSPS) is 10.5. The zero-order valence-corrected chi connectivity index (χ0v) is 11.3. The smallest absolute Gasteiger partial charge is 0.258 e. The Hall–Kier alpha value is -3.02. The van der Waals surface area contributed by atoms with Gasteiger partial charge in [0.2, 0.25) is 5.82 Å². The molecule has 0 atom stereocenters. The lowest BCUT2D eigenvalue weighted by Crippen LogP contribution is -1.92. The van der Waals surface area contributed by atoms with E-state index in [0.717, 1.165) is 5.56 Å². The fourth-order valence-electron chi connectivity index (χ4n) is 1.94. The minimum atomic E-state index is 0.186. The third kappa shape index (κ3) is 2.51. The standard InChI is InChI=1S/C15H13N3O3/c1-20-13-7-4-10(8-12(13)16)15-17-14(18-21-15)9-2-5-11(19)6-3-9/h2-8,19H,16H2,1H3. The molecule has 0 saturated heterocycles. The van der Waals surface area contributed by atoms with Crippen LogP contribution in [0.2, 0.25) is 0 Å². The number of anilines is 1. The summed E-state index contributed by atoms with van der Waals surface area (Å²) in [6, 6.07) is 11.8. The number of nitrogens with zero attached hydrogens (tertiary/aromatic N) is 2. The van der Waals surface area contributed by atoms with Gasteiger partial charge in [-0.1, -0.05) is 5.16 Å². The number of hydrogen-bond donors (Lipinski definition) is 2. The molecule has 0 amide bonds. The zero-order chi connectivity index (χ0) is 14.8. The van der Waals surface area contributed by atoms with Gasteiger partial charge < -0.3 is 20.1 Å². The number of benzene rings is 2. The van der Waals surface area contributed by atoms with Gasteiger partial charge in [-0.25, -0.2) is 0 Å². The van der Waals surface area contributed by atoms with E-state index in [9.17, 15) is 5.11 Å². The van der Waals surface area contributed by atoms with Gasteiger partial charge >= 0.3 is 0 Å². The van der Waals surface area contributed by atoms with Crippen LogP contribution in [0.1, 0.15) is 0 Å². The van der Waals surface area contributed by atoms with Gasteiger partial charge in [-0.05, 0) is 42.5 Å². The molecule has 1 aromatic heterocycles. The maximum atomic E-state index is 9.28. The number of methoxy groups -OCH3 is 1. The topological polar surface area (TPSA) is 94.4 Å². The highest BCUT2D eigenvalue weighted by molar-refractivity contribution is 5.67. The Morgan fingerprint density at radius 2 is 1.81 bits per heavy atom. The largest absolute Gasteiger partial charge is 0.508 e. The van der Waals surface area contributed by atoms with Crippen molar-refractivity contribution in [1.82, 2.24) is 10.1 Å². The van der Waals surface area contributed by atoms with Crippen molar-refractivity contribution in [2.24, 2.45) is 0 Å². The molecule has 0 aliphatic heterocycles. The molecule has 106 valence electrons. The third-order valence-corrected chi connectivity index (χ3v) is 3.03. The van der Waals surface area contributed by atoms with Crippen LogP contribution in [0.5, 0.6) is 11.5 Å². The van der Waals surface area contributed by atoms with Crippen LogP contribution in [0.15, 0.2) is 47.0 Å². The Bertz CT molecular complexity index is 766. The van der Waals surface area contributed by atoms with Gasteiger partial charge in [-0.15, -0.1) is 0 Å². The first-order chi connectivity index (χ1) is 10.2. The van der Waals surface area contributed by atoms with Crippen LogP contribution in [0.25, 0.3) is 22.8 Å². The Kier molecular flexibility index (Phi) is 3.19. The van der Waals surface area contributed by atoms with Crippen molar-refractivity contribution in [3.63, 3.8) is 0 Å². The predicted molar refractivity (Wildman–Crippen MR) is 77.8 cm³/mol. The number of nitrogen functional groups attached to an aromatic ring is 1. The maximum absolute atomic E-state index is 9.28. The molecule has 2 aromatic carbocycles. The number of phenols is 1. The average Bonchev–Trinajstić information content (AvgIpc) is 2.98. The first-order valence-electron chi connectivity index (χ1n) is 6.24. The number of phenolic OH excluding ortho intramolecular Hbond substituents is 1. The lowest BCUT2D eigenvalue weighted by atomic mass is 10.2. The monoisotopic (exact) mass is 283 g/mol. The van der Waals surface area contributed by atoms with Crippen LogP contribution in [0.4, 0.5) is 5.69 Å². The summed E-state index contributed by atoms with van der Waals surface area (Å²) in [7, 11) is 1.56. The first-order valence-corrected chi connectivity index (χ1v) is 6.24. The Morgan fingerprint density at radius 1 is 1.10 bits per heavy atom. The molecule has 0 unspecified atom stereocenters. The van der Waals surface area contributed by atoms with E-state index in [1.807, 2.05) is 0 Å². The molecule has 6 heteroatoms. The van der Waals surface area contributed by atoms with E-state index in [4.69, 9.17) is 15.0 Å². The molecule has 0 fully saturated rings. The molecule has 0 radical (unpaired) electrons. The minimum absolute atomic E-state index is 0.186. The van der Waals surface area contributed by atoms with E-state index >= 15 is 0 Å². The second kappa shape index (κ2) is 5.16. The molecule has 6 nitrogen and oxygen atoms in total. The second-order valence-electron chi connectivity index (χ2n) is 4.43. The highest BCUT2D eigenvalue weighted by Gasteiger charge is 2.12. The molecule has 3 aromatic rings. The van der Waals surface area contributed by atoms with E-state index in [2.05, 4.69) is 10.1 Å². The summed E-state index contributed by atoms with van der Waals surface area (Å²) >= 11 is 0. The number of aromatic nitrogens is 2. The summed E-state index contributed by atoms with van der Waals surface area (Å²) in [5, 5.41) is 13.2. The van der Waals surface area contributed by atoms with Gasteiger partial charge in [-0.2, -0.15) is 4.98 Å². The van der Waals surface area contributed by atoms with Crippen LogP contribution in [-0.2, 0) is 0 Å². The maximum Gasteiger partial charge on any atom is 0.258 e. The molecule has 0 aliphatic carbocycles. The van der Waals surface area contributed by atoms with Gasteiger partial charge in [0.1, 0.15) is 11.5 Å². The summed E-state index contributed by atoms with van der Waals surface area (Å²) < 4.78 is 10.4. The lowest BCUT2D eigenvalue weighted by Gasteiger charge is -2.04. The molecule has 21 heavy (non-hydrogen) atoms. The lowest BCUT2D eigenvalue weighted by molar-refractivity contribution is 0.416. The SMILES string of the molecule is COc1ccc(-c2nc(-c3ccc(O)cc3)no2)cc1N. The van der Waals surface area contributed by atoms with Gasteiger partial charge in [0, 0.05) is 11.1 Å². The van der Waals surface area contributed by atoms with Crippen LogP contribution < -0.4 is 10.5 Å². The summed E-state index contributed by atoms with van der Waals surface area (Å²) in [5.74, 6) is 1.59. The average molecular weight is 283 g/mol. The molecular weight excluding hydrogens is 270 g/mol. The Labute approximate surface area is 120 Å². The van der Waals surface area contributed by atoms with Crippen molar-refractivity contribution in [2.75, 3.05) is 12.8 Å². The van der Waals surface area contributed by atoms with E-state index in [-0.39, 0.29) is 5.75 Å².